The number of aliphatic hydroxyl groups is 1. The molecule has 0 amide bonds. The van der Waals surface area contributed by atoms with E-state index in [4.69, 9.17) is 9.47 Å². The Morgan fingerprint density at radius 2 is 1.75 bits per heavy atom. The van der Waals surface area contributed by atoms with E-state index in [0.29, 0.717) is 13.2 Å². The molecule has 0 aliphatic carbocycles. The van der Waals surface area contributed by atoms with Gasteiger partial charge in [-0.2, -0.15) is 0 Å². The zero-order chi connectivity index (χ0) is 8.82. The van der Waals surface area contributed by atoms with Crippen LogP contribution in [0, 0.1) is 0 Å². The van der Waals surface area contributed by atoms with E-state index in [0.717, 1.165) is 13.1 Å². The van der Waals surface area contributed by atoms with E-state index in [-0.39, 0.29) is 0 Å². The normalized spacial score (nSPS) is 29.2. The molecular formula is C8H15NO3. The quantitative estimate of drug-likeness (QED) is 0.595. The molecule has 0 unspecified atom stereocenters. The zero-order valence-electron chi connectivity index (χ0n) is 7.54. The Morgan fingerprint density at radius 3 is 2.08 bits per heavy atom. The molecule has 0 bridgehead atoms. The van der Waals surface area contributed by atoms with E-state index in [1.807, 2.05) is 4.90 Å². The lowest BCUT2D eigenvalue weighted by Crippen LogP contribution is -2.57. The van der Waals surface area contributed by atoms with E-state index in [1.54, 1.807) is 13.8 Å². The van der Waals surface area contributed by atoms with Crippen LogP contribution in [0.1, 0.15) is 13.8 Å². The van der Waals surface area contributed by atoms with Crippen LogP contribution in [0.5, 0.6) is 0 Å². The molecular weight excluding hydrogens is 158 g/mol. The summed E-state index contributed by atoms with van der Waals surface area (Å²) in [4.78, 5) is 2.05. The molecule has 0 aromatic rings. The second-order valence-electron chi connectivity index (χ2n) is 3.82. The number of fused-ring (bicyclic) bond motifs is 1. The van der Waals surface area contributed by atoms with E-state index in [2.05, 4.69) is 0 Å². The third kappa shape index (κ3) is 0.925. The lowest BCUT2D eigenvalue weighted by Gasteiger charge is -2.38. The fourth-order valence-corrected chi connectivity index (χ4v) is 1.96. The fraction of sp³-hybridized carbons (Fsp3) is 1.00. The van der Waals surface area contributed by atoms with Crippen LogP contribution in [0.4, 0.5) is 0 Å². The first-order valence-corrected chi connectivity index (χ1v) is 4.32. The van der Waals surface area contributed by atoms with Crippen molar-refractivity contribution in [2.24, 2.45) is 0 Å². The molecule has 12 heavy (non-hydrogen) atoms. The number of nitrogens with zero attached hydrogens (tertiary/aromatic N) is 1. The smallest absolute Gasteiger partial charge is 0.260 e. The summed E-state index contributed by atoms with van der Waals surface area (Å²) in [6.07, 6.45) is 0. The highest BCUT2D eigenvalue weighted by Crippen LogP contribution is 2.38. The minimum Gasteiger partial charge on any atom is -0.383 e. The number of hydrogen-bond donors (Lipinski definition) is 1. The van der Waals surface area contributed by atoms with E-state index < -0.39 is 11.5 Å². The molecule has 2 saturated heterocycles. The summed E-state index contributed by atoms with van der Waals surface area (Å²) < 4.78 is 11.0. The van der Waals surface area contributed by atoms with Gasteiger partial charge in [0.15, 0.2) is 0 Å². The Morgan fingerprint density at radius 1 is 1.25 bits per heavy atom. The molecule has 0 saturated carbocycles. The average molecular weight is 173 g/mol. The SMILES string of the molecule is CC(C)(O)C12OCCN1CCO2. The molecule has 0 spiro atoms. The highest BCUT2D eigenvalue weighted by Gasteiger charge is 2.57. The van der Waals surface area contributed by atoms with Gasteiger partial charge in [-0.05, 0) is 13.8 Å². The van der Waals surface area contributed by atoms with Gasteiger partial charge in [-0.25, -0.2) is 4.90 Å². The monoisotopic (exact) mass is 173 g/mol. The topological polar surface area (TPSA) is 41.9 Å². The third-order valence-electron chi connectivity index (χ3n) is 2.51. The van der Waals surface area contributed by atoms with Crippen LogP contribution in [-0.2, 0) is 9.47 Å². The van der Waals surface area contributed by atoms with Crippen LogP contribution in [0.15, 0.2) is 0 Å². The number of rotatable bonds is 1. The molecule has 0 aromatic heterocycles. The lowest BCUT2D eigenvalue weighted by molar-refractivity contribution is -0.313. The highest BCUT2D eigenvalue weighted by molar-refractivity contribution is 4.94. The summed E-state index contributed by atoms with van der Waals surface area (Å²) in [6.45, 7) is 6.43. The minimum atomic E-state index is -0.958. The first-order chi connectivity index (χ1) is 5.56. The van der Waals surface area contributed by atoms with Crippen molar-refractivity contribution in [3.63, 3.8) is 0 Å². The van der Waals surface area contributed by atoms with Gasteiger partial charge in [-0.15, -0.1) is 0 Å². The largest absolute Gasteiger partial charge is 0.383 e. The third-order valence-corrected chi connectivity index (χ3v) is 2.51. The molecule has 0 atom stereocenters. The minimum absolute atomic E-state index is 0.643. The summed E-state index contributed by atoms with van der Waals surface area (Å²) in [5.41, 5.74) is -0.958. The summed E-state index contributed by atoms with van der Waals surface area (Å²) in [5, 5.41) is 9.89. The molecule has 2 aliphatic rings. The fourth-order valence-electron chi connectivity index (χ4n) is 1.96. The predicted octanol–water partition coefficient (Wildman–Crippen LogP) is -0.227. The first-order valence-electron chi connectivity index (χ1n) is 4.32. The maximum atomic E-state index is 9.89. The molecule has 4 heteroatoms. The summed E-state index contributed by atoms with van der Waals surface area (Å²) in [7, 11) is 0. The van der Waals surface area contributed by atoms with Gasteiger partial charge in [-0.3, -0.25) is 0 Å². The van der Waals surface area contributed by atoms with E-state index in [1.165, 1.54) is 0 Å². The van der Waals surface area contributed by atoms with Gasteiger partial charge in [0, 0.05) is 13.1 Å². The Kier molecular flexibility index (Phi) is 1.70. The molecule has 2 fully saturated rings. The van der Waals surface area contributed by atoms with Gasteiger partial charge < -0.3 is 14.6 Å². The van der Waals surface area contributed by atoms with Crippen LogP contribution in [0.25, 0.3) is 0 Å². The van der Waals surface area contributed by atoms with Gasteiger partial charge >= 0.3 is 0 Å². The van der Waals surface area contributed by atoms with Crippen LogP contribution in [0.3, 0.4) is 0 Å². The number of ether oxygens (including phenoxy) is 2. The second kappa shape index (κ2) is 2.42. The molecule has 70 valence electrons. The number of hydrogen-bond acceptors (Lipinski definition) is 4. The maximum Gasteiger partial charge on any atom is 0.260 e. The Bertz CT molecular complexity index is 177. The predicted molar refractivity (Wildman–Crippen MR) is 42.5 cm³/mol. The van der Waals surface area contributed by atoms with Crippen molar-refractivity contribution >= 4 is 0 Å². The molecule has 1 N–H and O–H groups in total. The Balaban J connectivity index is 2.28. The average Bonchev–Trinajstić information content (AvgIpc) is 2.37. The van der Waals surface area contributed by atoms with Crippen LogP contribution in [0.2, 0.25) is 0 Å². The Labute approximate surface area is 72.1 Å². The van der Waals surface area contributed by atoms with E-state index in [9.17, 15) is 5.11 Å². The maximum absolute atomic E-state index is 9.89. The highest BCUT2D eigenvalue weighted by atomic mass is 16.8. The summed E-state index contributed by atoms with van der Waals surface area (Å²) in [6, 6.07) is 0. The molecule has 0 aromatic carbocycles. The first kappa shape index (κ1) is 8.44. The van der Waals surface area contributed by atoms with Crippen molar-refractivity contribution in [2.45, 2.75) is 25.4 Å². The molecule has 0 radical (unpaired) electrons. The van der Waals surface area contributed by atoms with Crippen LogP contribution >= 0.6 is 0 Å². The van der Waals surface area contributed by atoms with Gasteiger partial charge in [0.2, 0.25) is 0 Å². The van der Waals surface area contributed by atoms with Gasteiger partial charge in [0.1, 0.15) is 5.60 Å². The second-order valence-corrected chi connectivity index (χ2v) is 3.82. The standard InChI is InChI=1S/C8H15NO3/c1-7(2,10)8-9(3-5-11-8)4-6-12-8/h10H,3-6H2,1-2H3. The van der Waals surface area contributed by atoms with Crippen molar-refractivity contribution < 1.29 is 14.6 Å². The zero-order valence-corrected chi connectivity index (χ0v) is 7.54. The lowest BCUT2D eigenvalue weighted by atomic mass is 10.0. The molecule has 4 nitrogen and oxygen atoms in total. The van der Waals surface area contributed by atoms with Crippen molar-refractivity contribution in [1.29, 1.82) is 0 Å². The van der Waals surface area contributed by atoms with E-state index >= 15 is 0 Å². The van der Waals surface area contributed by atoms with Crippen LogP contribution in [-0.4, -0.2) is 47.8 Å². The summed E-state index contributed by atoms with van der Waals surface area (Å²) in [5.74, 6) is -0.868. The van der Waals surface area contributed by atoms with Crippen molar-refractivity contribution in [1.82, 2.24) is 4.90 Å². The molecule has 2 rings (SSSR count). The summed E-state index contributed by atoms with van der Waals surface area (Å²) >= 11 is 0. The molecule has 2 aliphatic heterocycles. The van der Waals surface area contributed by atoms with Crippen LogP contribution < -0.4 is 0 Å². The van der Waals surface area contributed by atoms with Gasteiger partial charge in [0.05, 0.1) is 13.2 Å². The van der Waals surface area contributed by atoms with Crippen molar-refractivity contribution in [3.8, 4) is 0 Å². The van der Waals surface area contributed by atoms with Crippen molar-refractivity contribution in [3.05, 3.63) is 0 Å². The Hall–Kier alpha value is -0.160. The van der Waals surface area contributed by atoms with Crippen molar-refractivity contribution in [2.75, 3.05) is 26.3 Å². The van der Waals surface area contributed by atoms with Gasteiger partial charge in [-0.1, -0.05) is 0 Å². The van der Waals surface area contributed by atoms with Gasteiger partial charge in [0.25, 0.3) is 5.91 Å². The molecule has 2 heterocycles.